The Morgan fingerprint density at radius 3 is 2.57 bits per heavy atom. The van der Waals surface area contributed by atoms with Crippen LogP contribution in [0.5, 0.6) is 0 Å². The first-order chi connectivity index (χ1) is 9.95. The molecule has 1 aliphatic heterocycles. The third-order valence-corrected chi connectivity index (χ3v) is 5.45. The molecule has 0 bridgehead atoms. The van der Waals surface area contributed by atoms with Gasteiger partial charge in [-0.1, -0.05) is 0 Å². The van der Waals surface area contributed by atoms with Crippen molar-refractivity contribution < 1.29 is 4.79 Å². The molecule has 1 saturated heterocycles. The first kappa shape index (κ1) is 16.1. The van der Waals surface area contributed by atoms with E-state index in [2.05, 4.69) is 9.88 Å². The van der Waals surface area contributed by atoms with E-state index in [-0.39, 0.29) is 10.7 Å². The van der Waals surface area contributed by atoms with Gasteiger partial charge in [-0.2, -0.15) is 11.8 Å². The van der Waals surface area contributed by atoms with Crippen LogP contribution in [0.3, 0.4) is 0 Å². The maximum Gasteiger partial charge on any atom is 0.241 e. The molecular weight excluding hydrogens is 284 g/mol. The summed E-state index contributed by atoms with van der Waals surface area (Å²) in [6.45, 7) is 7.11. The molecule has 2 rings (SSSR count). The van der Waals surface area contributed by atoms with Crippen molar-refractivity contribution in [3.8, 4) is 0 Å². The van der Waals surface area contributed by atoms with E-state index in [1.54, 1.807) is 18.0 Å². The second kappa shape index (κ2) is 6.66. The summed E-state index contributed by atoms with van der Waals surface area (Å²) in [5.74, 6) is 0.0557. The van der Waals surface area contributed by atoms with Gasteiger partial charge in [0.2, 0.25) is 5.91 Å². The van der Waals surface area contributed by atoms with E-state index in [1.165, 1.54) is 0 Å². The highest BCUT2D eigenvalue weighted by atomic mass is 32.2. The molecule has 0 unspecified atom stereocenters. The van der Waals surface area contributed by atoms with E-state index < -0.39 is 6.04 Å². The van der Waals surface area contributed by atoms with Crippen LogP contribution in [-0.2, 0) is 4.79 Å². The first-order valence-electron chi connectivity index (χ1n) is 7.20. The van der Waals surface area contributed by atoms with Crippen molar-refractivity contribution in [2.24, 2.45) is 5.73 Å². The predicted octanol–water partition coefficient (Wildman–Crippen LogP) is 1.20. The number of carbonyl (C=O) groups is 1. The average molecular weight is 308 g/mol. The number of carbonyl (C=O) groups excluding carboxylic acids is 1. The predicted molar refractivity (Wildman–Crippen MR) is 88.6 cm³/mol. The van der Waals surface area contributed by atoms with Crippen LogP contribution in [0.2, 0.25) is 0 Å². The molecule has 21 heavy (non-hydrogen) atoms. The largest absolute Gasteiger partial charge is 0.367 e. The average Bonchev–Trinajstić information content (AvgIpc) is 2.54. The molecule has 0 aromatic carbocycles. The van der Waals surface area contributed by atoms with Crippen LogP contribution in [0.4, 0.5) is 5.69 Å². The lowest BCUT2D eigenvalue weighted by Gasteiger charge is -2.39. The van der Waals surface area contributed by atoms with Gasteiger partial charge in [-0.3, -0.25) is 9.78 Å². The van der Waals surface area contributed by atoms with Crippen LogP contribution in [0.15, 0.2) is 24.5 Å². The number of rotatable bonds is 4. The highest BCUT2D eigenvalue weighted by Crippen LogP contribution is 2.26. The van der Waals surface area contributed by atoms with E-state index >= 15 is 0 Å². The van der Waals surface area contributed by atoms with Gasteiger partial charge in [0.15, 0.2) is 0 Å². The monoisotopic (exact) mass is 308 g/mol. The molecule has 2 heterocycles. The first-order valence-corrected chi connectivity index (χ1v) is 8.42. The van der Waals surface area contributed by atoms with Crippen LogP contribution < -0.4 is 10.6 Å². The molecule has 0 saturated carbocycles. The van der Waals surface area contributed by atoms with Gasteiger partial charge in [0.25, 0.3) is 0 Å². The zero-order valence-electron chi connectivity index (χ0n) is 13.0. The lowest BCUT2D eigenvalue weighted by atomic mass is 10.0. The summed E-state index contributed by atoms with van der Waals surface area (Å²) in [5.41, 5.74) is 7.26. The number of amides is 1. The molecule has 0 radical (unpaired) electrons. The Kier molecular flexibility index (Phi) is 5.11. The lowest BCUT2D eigenvalue weighted by molar-refractivity contribution is -0.133. The lowest BCUT2D eigenvalue weighted by Crippen LogP contribution is -2.57. The quantitative estimate of drug-likeness (QED) is 0.905. The van der Waals surface area contributed by atoms with Gasteiger partial charge in [0.05, 0.1) is 17.9 Å². The zero-order valence-corrected chi connectivity index (χ0v) is 13.8. The second-order valence-electron chi connectivity index (χ2n) is 5.81. The number of hydrogen-bond acceptors (Lipinski definition) is 5. The molecule has 1 aromatic heterocycles. The van der Waals surface area contributed by atoms with Crippen LogP contribution in [0.25, 0.3) is 0 Å². The van der Waals surface area contributed by atoms with Crippen LogP contribution in [-0.4, -0.2) is 59.0 Å². The van der Waals surface area contributed by atoms with Crippen molar-refractivity contribution in [1.82, 2.24) is 9.88 Å². The number of pyridine rings is 1. The Hall–Kier alpha value is -1.27. The Labute approximate surface area is 130 Å². The van der Waals surface area contributed by atoms with Crippen molar-refractivity contribution in [2.45, 2.75) is 24.6 Å². The molecule has 0 spiro atoms. The Bertz CT molecular complexity index is 472. The molecule has 5 nitrogen and oxygen atoms in total. The minimum absolute atomic E-state index is 0.0557. The molecule has 2 N–H and O–H groups in total. The zero-order chi connectivity index (χ0) is 15.5. The molecule has 116 valence electrons. The maximum atomic E-state index is 12.5. The fraction of sp³-hybridized carbons (Fsp3) is 0.600. The third-order valence-electron chi connectivity index (χ3n) is 4.14. The van der Waals surface area contributed by atoms with E-state index in [9.17, 15) is 4.79 Å². The standard InChI is InChI=1S/C15H24N4OS/c1-15(2,21-3)13(16)14(20)19-9-7-18(8-10-19)12-5-4-6-17-11-12/h4-6,11,13H,7-10,16H2,1-3H3/t13-/m1/s1. The number of anilines is 1. The van der Waals surface area contributed by atoms with Gasteiger partial charge in [-0.15, -0.1) is 0 Å². The summed E-state index contributed by atoms with van der Waals surface area (Å²) in [7, 11) is 0. The smallest absolute Gasteiger partial charge is 0.241 e. The Morgan fingerprint density at radius 1 is 1.38 bits per heavy atom. The number of piperazine rings is 1. The van der Waals surface area contributed by atoms with Gasteiger partial charge < -0.3 is 15.5 Å². The van der Waals surface area contributed by atoms with E-state index in [0.717, 1.165) is 18.8 Å². The topological polar surface area (TPSA) is 62.5 Å². The molecule has 1 atom stereocenters. The minimum Gasteiger partial charge on any atom is -0.367 e. The summed E-state index contributed by atoms with van der Waals surface area (Å²) in [6.07, 6.45) is 5.63. The molecule has 1 aromatic rings. The van der Waals surface area contributed by atoms with Crippen molar-refractivity contribution >= 4 is 23.4 Å². The SMILES string of the molecule is CSC(C)(C)[C@H](N)C(=O)N1CCN(c2cccnc2)CC1. The highest BCUT2D eigenvalue weighted by molar-refractivity contribution is 8.00. The third kappa shape index (κ3) is 3.68. The van der Waals surface area contributed by atoms with Gasteiger partial charge in [-0.05, 0) is 32.2 Å². The molecule has 1 aliphatic rings. The molecule has 1 fully saturated rings. The number of nitrogens with two attached hydrogens (primary N) is 1. The second-order valence-corrected chi connectivity index (χ2v) is 7.27. The number of aromatic nitrogens is 1. The summed E-state index contributed by atoms with van der Waals surface area (Å²) >= 11 is 1.63. The van der Waals surface area contributed by atoms with E-state index in [0.29, 0.717) is 13.1 Å². The van der Waals surface area contributed by atoms with E-state index in [1.807, 2.05) is 43.3 Å². The summed E-state index contributed by atoms with van der Waals surface area (Å²) in [6, 6.07) is 3.52. The Balaban J connectivity index is 1.93. The van der Waals surface area contributed by atoms with Crippen LogP contribution in [0.1, 0.15) is 13.8 Å². The minimum atomic E-state index is -0.461. The fourth-order valence-corrected chi connectivity index (χ4v) is 2.70. The normalized spacial score (nSPS) is 17.7. The summed E-state index contributed by atoms with van der Waals surface area (Å²) in [4.78, 5) is 20.8. The van der Waals surface area contributed by atoms with Crippen molar-refractivity contribution in [2.75, 3.05) is 37.3 Å². The molecule has 1 amide bonds. The number of thioether (sulfide) groups is 1. The van der Waals surface area contributed by atoms with Crippen LogP contribution >= 0.6 is 11.8 Å². The van der Waals surface area contributed by atoms with Crippen LogP contribution in [0, 0.1) is 0 Å². The Morgan fingerprint density at radius 2 is 2.05 bits per heavy atom. The molecule has 6 heteroatoms. The maximum absolute atomic E-state index is 12.5. The van der Waals surface area contributed by atoms with Gasteiger partial charge in [0, 0.05) is 37.1 Å². The number of hydrogen-bond donors (Lipinski definition) is 1. The molecular formula is C15H24N4OS. The van der Waals surface area contributed by atoms with Crippen molar-refractivity contribution in [3.63, 3.8) is 0 Å². The van der Waals surface area contributed by atoms with Gasteiger partial charge in [-0.25, -0.2) is 0 Å². The van der Waals surface area contributed by atoms with Gasteiger partial charge in [0.1, 0.15) is 0 Å². The van der Waals surface area contributed by atoms with Crippen molar-refractivity contribution in [1.29, 1.82) is 0 Å². The van der Waals surface area contributed by atoms with Gasteiger partial charge >= 0.3 is 0 Å². The summed E-state index contributed by atoms with van der Waals surface area (Å²) in [5, 5.41) is 0. The highest BCUT2D eigenvalue weighted by Gasteiger charge is 2.35. The van der Waals surface area contributed by atoms with E-state index in [4.69, 9.17) is 5.73 Å². The summed E-state index contributed by atoms with van der Waals surface area (Å²) < 4.78 is -0.239. The van der Waals surface area contributed by atoms with Crippen molar-refractivity contribution in [3.05, 3.63) is 24.5 Å². The molecule has 0 aliphatic carbocycles. The fourth-order valence-electron chi connectivity index (χ4n) is 2.35. The number of nitrogens with zero attached hydrogens (tertiary/aromatic N) is 3.